The first kappa shape index (κ1) is 43.9. The minimum atomic E-state index is -0.195. The zero-order chi connectivity index (χ0) is 45.3. The Bertz CT molecular complexity index is 2600. The van der Waals surface area contributed by atoms with Crippen LogP contribution < -0.4 is 19.9 Å². The van der Waals surface area contributed by atoms with E-state index in [-0.39, 0.29) is 24.0 Å². The summed E-state index contributed by atoms with van der Waals surface area (Å²) in [5, 5.41) is 31.3. The molecule has 7 heterocycles. The second-order valence-electron chi connectivity index (χ2n) is 19.2. The minimum Gasteiger partial charge on any atom is -0.490 e. The van der Waals surface area contributed by atoms with Crippen molar-refractivity contribution < 1.29 is 14.3 Å². The largest absolute Gasteiger partial charge is 0.490 e. The van der Waals surface area contributed by atoms with Gasteiger partial charge in [-0.05, 0) is 131 Å². The molecule has 0 radical (unpaired) electrons. The maximum Gasteiger partial charge on any atom is 0.272 e. The molecule has 66 heavy (non-hydrogen) atoms. The van der Waals surface area contributed by atoms with Gasteiger partial charge in [0.25, 0.3) is 5.91 Å². The van der Waals surface area contributed by atoms with Crippen LogP contribution in [-0.2, 0) is 31.2 Å². The maximum absolute atomic E-state index is 13.1. The first-order valence-electron chi connectivity index (χ1n) is 24.0. The molecule has 4 aromatic heterocycles. The lowest BCUT2D eigenvalue weighted by molar-refractivity contribution is -0.129. The van der Waals surface area contributed by atoms with Crippen molar-refractivity contribution in [1.82, 2.24) is 45.0 Å². The molecule has 344 valence electrons. The summed E-state index contributed by atoms with van der Waals surface area (Å²) in [5.74, 6) is 3.81. The molecule has 0 spiro atoms. The van der Waals surface area contributed by atoms with Crippen LogP contribution in [-0.4, -0.2) is 89.8 Å². The normalized spacial score (nSPS) is 22.3. The van der Waals surface area contributed by atoms with Crippen molar-refractivity contribution in [2.24, 2.45) is 18.9 Å². The first-order valence-corrected chi connectivity index (χ1v) is 24.4. The molecule has 15 nitrogen and oxygen atoms in total. The number of nitrogens with zero attached hydrogens (tertiary/aromatic N) is 11. The van der Waals surface area contributed by atoms with Crippen molar-refractivity contribution in [2.45, 2.75) is 122 Å². The third kappa shape index (κ3) is 9.34. The maximum atomic E-state index is 13.1. The van der Waals surface area contributed by atoms with E-state index in [0.29, 0.717) is 46.5 Å². The smallest absolute Gasteiger partial charge is 0.272 e. The van der Waals surface area contributed by atoms with Crippen LogP contribution in [0.25, 0.3) is 11.3 Å². The Morgan fingerprint density at radius 2 is 1.71 bits per heavy atom. The number of piperidine rings is 1. The van der Waals surface area contributed by atoms with Gasteiger partial charge < -0.3 is 24.8 Å². The van der Waals surface area contributed by atoms with E-state index in [1.165, 1.54) is 36.1 Å². The summed E-state index contributed by atoms with van der Waals surface area (Å²) in [5.41, 5.74) is 7.63. The van der Waals surface area contributed by atoms with E-state index in [9.17, 15) is 9.59 Å². The molecule has 5 aliphatic rings. The number of aryl methyl sites for hydroxylation is 2. The molecule has 2 amide bonds. The SMILES string of the molecule is CC(=O)N1CCc2c(c(N3CCCc4cc(-c5cnn(C)c5)ncc43)nn2C2CCC(CC3CCN(c4ccc(C(=O)NC5CCC(Oc6ccc(C#N)c(Cl)c6)CC5)nn4)CC3)CC2)C1. The number of nitriles is 1. The van der Waals surface area contributed by atoms with Crippen LogP contribution in [0, 0.1) is 23.2 Å². The number of fused-ring (bicyclic) bond motifs is 2. The van der Waals surface area contributed by atoms with E-state index in [2.05, 4.69) is 47.2 Å². The van der Waals surface area contributed by atoms with Gasteiger partial charge in [0, 0.05) is 81.7 Å². The zero-order valence-corrected chi connectivity index (χ0v) is 38.8. The highest BCUT2D eigenvalue weighted by atomic mass is 35.5. The highest BCUT2D eigenvalue weighted by molar-refractivity contribution is 6.31. The predicted molar refractivity (Wildman–Crippen MR) is 252 cm³/mol. The van der Waals surface area contributed by atoms with Gasteiger partial charge in [0.1, 0.15) is 11.8 Å². The molecule has 1 N–H and O–H groups in total. The fourth-order valence-electron chi connectivity index (χ4n) is 11.2. The van der Waals surface area contributed by atoms with Gasteiger partial charge in [0.2, 0.25) is 5.91 Å². The molecule has 0 bridgehead atoms. The van der Waals surface area contributed by atoms with E-state index in [1.54, 1.807) is 31.2 Å². The Hall–Kier alpha value is -6.01. The average molecular weight is 912 g/mol. The van der Waals surface area contributed by atoms with Crippen LogP contribution in [0.15, 0.2) is 55.0 Å². The van der Waals surface area contributed by atoms with Gasteiger partial charge in [-0.25, -0.2) is 0 Å². The van der Waals surface area contributed by atoms with Gasteiger partial charge in [-0.2, -0.15) is 15.5 Å². The Kier molecular flexibility index (Phi) is 12.7. The summed E-state index contributed by atoms with van der Waals surface area (Å²) in [4.78, 5) is 37.3. The fourth-order valence-corrected chi connectivity index (χ4v) is 11.4. The summed E-state index contributed by atoms with van der Waals surface area (Å²) in [6.45, 7) is 5.78. The van der Waals surface area contributed by atoms with Crippen molar-refractivity contribution in [3.63, 3.8) is 0 Å². The third-order valence-corrected chi connectivity index (χ3v) is 15.2. The Labute approximate surface area is 391 Å². The Morgan fingerprint density at radius 1 is 0.909 bits per heavy atom. The molecule has 1 saturated heterocycles. The molecule has 3 fully saturated rings. The number of pyridine rings is 1. The number of rotatable bonds is 10. The van der Waals surface area contributed by atoms with Crippen LogP contribution in [0.2, 0.25) is 5.02 Å². The van der Waals surface area contributed by atoms with Gasteiger partial charge in [-0.3, -0.25) is 23.9 Å². The summed E-state index contributed by atoms with van der Waals surface area (Å²) in [6, 6.07) is 13.6. The van der Waals surface area contributed by atoms with Gasteiger partial charge in [-0.1, -0.05) is 11.6 Å². The van der Waals surface area contributed by atoms with Gasteiger partial charge in [0.15, 0.2) is 17.3 Å². The zero-order valence-electron chi connectivity index (χ0n) is 38.0. The molecule has 16 heteroatoms. The number of ether oxygens (including phenoxy) is 1. The van der Waals surface area contributed by atoms with Gasteiger partial charge >= 0.3 is 0 Å². The third-order valence-electron chi connectivity index (χ3n) is 14.9. The molecule has 2 aliphatic carbocycles. The lowest BCUT2D eigenvalue weighted by atomic mass is 9.78. The number of amides is 2. The van der Waals surface area contributed by atoms with Crippen LogP contribution in [0.3, 0.4) is 0 Å². The molecule has 0 unspecified atom stereocenters. The van der Waals surface area contributed by atoms with Crippen LogP contribution >= 0.6 is 11.6 Å². The highest BCUT2D eigenvalue weighted by Gasteiger charge is 2.35. The quantitative estimate of drug-likeness (QED) is 0.144. The predicted octanol–water partition coefficient (Wildman–Crippen LogP) is 8.14. The topological polar surface area (TPSA) is 163 Å². The second-order valence-corrected chi connectivity index (χ2v) is 19.6. The molecule has 10 rings (SSSR count). The van der Waals surface area contributed by atoms with E-state index < -0.39 is 0 Å². The Balaban J connectivity index is 0.704. The van der Waals surface area contributed by atoms with Crippen molar-refractivity contribution in [2.75, 3.05) is 36.0 Å². The molecule has 1 aromatic carbocycles. The van der Waals surface area contributed by atoms with Crippen molar-refractivity contribution in [3.8, 4) is 23.1 Å². The lowest BCUT2D eigenvalue weighted by Gasteiger charge is -2.36. The van der Waals surface area contributed by atoms with Crippen molar-refractivity contribution >= 4 is 40.7 Å². The lowest BCUT2D eigenvalue weighted by Crippen LogP contribution is -2.40. The molecule has 5 aromatic rings. The molecule has 0 atom stereocenters. The van der Waals surface area contributed by atoms with Crippen molar-refractivity contribution in [1.29, 1.82) is 5.26 Å². The Morgan fingerprint density at radius 3 is 2.42 bits per heavy atom. The number of hydrogen-bond donors (Lipinski definition) is 1. The number of halogens is 1. The van der Waals surface area contributed by atoms with Crippen LogP contribution in [0.1, 0.15) is 123 Å². The highest BCUT2D eigenvalue weighted by Crippen LogP contribution is 2.43. The van der Waals surface area contributed by atoms with E-state index >= 15 is 0 Å². The number of benzene rings is 1. The first-order chi connectivity index (χ1) is 32.1. The number of aromatic nitrogens is 7. The standard InChI is InChI=1S/C50H59ClN12O3/c1-32(64)61-23-19-46-42(31-61)49(62-20-3-4-35-25-45(53-29-47(35)62)37-28-54-59(2)30-37)58-63(46)39-10-5-33(6-11-39)24-34-17-21-60(22-18-34)48-16-15-44(56-57-48)50(65)55-38-8-13-40(14-9-38)66-41-12-7-36(27-52)43(51)26-41/h7,12,15-16,25-26,28-30,33-34,38-40H,3-6,8-11,13-14,17-24,31H2,1-2H3,(H,55,65). The molecular weight excluding hydrogens is 852 g/mol. The fraction of sp³-hybridized carbons (Fsp3) is 0.520. The number of anilines is 3. The van der Waals surface area contributed by atoms with Crippen LogP contribution in [0.5, 0.6) is 5.75 Å². The summed E-state index contributed by atoms with van der Waals surface area (Å²) in [6.07, 6.45) is 20.2. The summed E-state index contributed by atoms with van der Waals surface area (Å²) in [7, 11) is 1.93. The van der Waals surface area contributed by atoms with E-state index in [4.69, 9.17) is 31.7 Å². The molecular formula is C50H59ClN12O3. The minimum absolute atomic E-state index is 0.0350. The van der Waals surface area contributed by atoms with Crippen molar-refractivity contribution in [3.05, 3.63) is 88.1 Å². The number of nitrogens with one attached hydrogen (secondary N) is 1. The number of hydrogen-bond acceptors (Lipinski definition) is 11. The van der Waals surface area contributed by atoms with E-state index in [0.717, 1.165) is 125 Å². The van der Waals surface area contributed by atoms with Crippen LogP contribution in [0.4, 0.5) is 17.3 Å². The number of carbonyl (C=O) groups is 2. The monoisotopic (exact) mass is 910 g/mol. The molecule has 2 saturated carbocycles. The molecule has 3 aliphatic heterocycles. The van der Waals surface area contributed by atoms with Gasteiger partial charge in [0.05, 0.1) is 53.1 Å². The average Bonchev–Trinajstić information content (AvgIpc) is 3.96. The number of carbonyl (C=O) groups excluding carboxylic acids is 2. The second kappa shape index (κ2) is 19.1. The van der Waals surface area contributed by atoms with Gasteiger partial charge in [-0.15, -0.1) is 10.2 Å². The summed E-state index contributed by atoms with van der Waals surface area (Å²) >= 11 is 6.18. The van der Waals surface area contributed by atoms with E-state index in [1.807, 2.05) is 41.3 Å². The summed E-state index contributed by atoms with van der Waals surface area (Å²) < 4.78 is 10.3.